The number of fused-ring (bicyclic) bond motifs is 1. The van der Waals surface area contributed by atoms with Gasteiger partial charge in [-0.05, 0) is 31.0 Å². The van der Waals surface area contributed by atoms with Crippen molar-refractivity contribution >= 4 is 39.8 Å². The lowest BCUT2D eigenvalue weighted by Gasteiger charge is -2.10. The second kappa shape index (κ2) is 4.04. The summed E-state index contributed by atoms with van der Waals surface area (Å²) in [5.74, 6) is 0.615. The molecule has 0 saturated heterocycles. The smallest absolute Gasteiger partial charge is 0.0756 e. The van der Waals surface area contributed by atoms with E-state index in [9.17, 15) is 0 Å². The Kier molecular flexibility index (Phi) is 2.64. The van der Waals surface area contributed by atoms with Gasteiger partial charge >= 0.3 is 0 Å². The summed E-state index contributed by atoms with van der Waals surface area (Å²) in [4.78, 5) is 4.66. The molecule has 0 spiro atoms. The van der Waals surface area contributed by atoms with E-state index in [0.717, 1.165) is 22.3 Å². The lowest BCUT2D eigenvalue weighted by atomic mass is 10.1. The molecule has 1 aliphatic carbocycles. The van der Waals surface area contributed by atoms with Crippen LogP contribution in [0.1, 0.15) is 24.5 Å². The zero-order valence-electron chi connectivity index (χ0n) is 9.43. The van der Waals surface area contributed by atoms with Gasteiger partial charge < -0.3 is 5.32 Å². The predicted octanol–water partition coefficient (Wildman–Crippen LogP) is 4.46. The maximum atomic E-state index is 6.23. The molecule has 1 saturated carbocycles. The highest BCUT2D eigenvalue weighted by molar-refractivity contribution is 6.39. The van der Waals surface area contributed by atoms with Crippen molar-refractivity contribution in [2.75, 3.05) is 12.4 Å². The monoisotopic (exact) mass is 266 g/mol. The van der Waals surface area contributed by atoms with Crippen molar-refractivity contribution in [3.63, 3.8) is 0 Å². The van der Waals surface area contributed by atoms with E-state index in [1.807, 2.05) is 13.1 Å². The van der Waals surface area contributed by atoms with Crippen LogP contribution in [-0.4, -0.2) is 12.0 Å². The van der Waals surface area contributed by atoms with Crippen LogP contribution in [0, 0.1) is 0 Å². The molecule has 3 rings (SSSR count). The van der Waals surface area contributed by atoms with Gasteiger partial charge in [0.1, 0.15) is 0 Å². The van der Waals surface area contributed by atoms with Crippen molar-refractivity contribution in [3.05, 3.63) is 33.9 Å². The maximum absolute atomic E-state index is 6.23. The molecule has 0 atom stereocenters. The Morgan fingerprint density at radius 1 is 1.24 bits per heavy atom. The molecule has 17 heavy (non-hydrogen) atoms. The first-order valence-electron chi connectivity index (χ1n) is 5.66. The third-order valence-electron chi connectivity index (χ3n) is 3.11. The van der Waals surface area contributed by atoms with Gasteiger partial charge in [0, 0.05) is 34.8 Å². The predicted molar refractivity (Wildman–Crippen MR) is 73.3 cm³/mol. The van der Waals surface area contributed by atoms with Gasteiger partial charge in [-0.2, -0.15) is 0 Å². The lowest BCUT2D eigenvalue weighted by molar-refractivity contribution is 1.04. The van der Waals surface area contributed by atoms with Gasteiger partial charge in [0.25, 0.3) is 0 Å². The van der Waals surface area contributed by atoms with E-state index in [-0.39, 0.29) is 0 Å². The Hall–Kier alpha value is -0.990. The van der Waals surface area contributed by atoms with Crippen molar-refractivity contribution in [3.8, 4) is 0 Å². The largest absolute Gasteiger partial charge is 0.387 e. The van der Waals surface area contributed by atoms with E-state index in [1.54, 1.807) is 6.07 Å². The second-order valence-corrected chi connectivity index (χ2v) is 5.24. The summed E-state index contributed by atoms with van der Waals surface area (Å²) in [6.07, 6.45) is 2.46. The molecule has 1 N–H and O–H groups in total. The minimum absolute atomic E-state index is 0.615. The SMILES string of the molecule is CNc1cc(C2CC2)nc2cc(Cl)cc(Cl)c12. The van der Waals surface area contributed by atoms with Gasteiger partial charge in [-0.1, -0.05) is 23.2 Å². The fourth-order valence-electron chi connectivity index (χ4n) is 2.09. The van der Waals surface area contributed by atoms with Crippen LogP contribution in [-0.2, 0) is 0 Å². The molecular formula is C13H12Cl2N2. The van der Waals surface area contributed by atoms with Crippen LogP contribution in [0.3, 0.4) is 0 Å². The molecule has 1 heterocycles. The molecule has 0 unspecified atom stereocenters. The standard InChI is InChI=1S/C13H12Cl2N2/c1-16-11-6-10(7-2-3-7)17-12-5-8(14)4-9(15)13(11)12/h4-7H,2-3H2,1H3,(H,16,17). The van der Waals surface area contributed by atoms with Crippen LogP contribution < -0.4 is 5.32 Å². The number of nitrogens with zero attached hydrogens (tertiary/aromatic N) is 1. The van der Waals surface area contributed by atoms with E-state index in [0.29, 0.717) is 16.0 Å². The summed E-state index contributed by atoms with van der Waals surface area (Å²) in [7, 11) is 1.90. The normalized spacial score (nSPS) is 15.2. The molecule has 1 aromatic heterocycles. The van der Waals surface area contributed by atoms with Crippen molar-refractivity contribution in [2.45, 2.75) is 18.8 Å². The van der Waals surface area contributed by atoms with Crippen LogP contribution in [0.4, 0.5) is 5.69 Å². The summed E-state index contributed by atoms with van der Waals surface area (Å²) in [5.41, 5.74) is 3.04. The first-order chi connectivity index (χ1) is 8.19. The van der Waals surface area contributed by atoms with E-state index in [1.165, 1.54) is 12.8 Å². The van der Waals surface area contributed by atoms with Gasteiger partial charge in [0.15, 0.2) is 0 Å². The summed E-state index contributed by atoms with van der Waals surface area (Å²) in [5, 5.41) is 5.41. The van der Waals surface area contributed by atoms with Crippen LogP contribution in [0.5, 0.6) is 0 Å². The van der Waals surface area contributed by atoms with E-state index < -0.39 is 0 Å². The number of aromatic nitrogens is 1. The van der Waals surface area contributed by atoms with Crippen molar-refractivity contribution in [1.82, 2.24) is 4.98 Å². The van der Waals surface area contributed by atoms with Gasteiger partial charge in [-0.15, -0.1) is 0 Å². The number of anilines is 1. The molecule has 0 aliphatic heterocycles. The third-order valence-corrected chi connectivity index (χ3v) is 3.63. The zero-order chi connectivity index (χ0) is 12.0. The van der Waals surface area contributed by atoms with E-state index in [4.69, 9.17) is 23.2 Å². The Morgan fingerprint density at radius 3 is 2.65 bits per heavy atom. The van der Waals surface area contributed by atoms with Gasteiger partial charge in [0.2, 0.25) is 0 Å². The highest BCUT2D eigenvalue weighted by atomic mass is 35.5. The zero-order valence-corrected chi connectivity index (χ0v) is 10.9. The number of hydrogen-bond acceptors (Lipinski definition) is 2. The van der Waals surface area contributed by atoms with Gasteiger partial charge in [-0.3, -0.25) is 4.98 Å². The molecule has 2 nitrogen and oxygen atoms in total. The van der Waals surface area contributed by atoms with Gasteiger partial charge in [-0.25, -0.2) is 0 Å². The van der Waals surface area contributed by atoms with E-state index >= 15 is 0 Å². The van der Waals surface area contributed by atoms with E-state index in [2.05, 4.69) is 16.4 Å². The quantitative estimate of drug-likeness (QED) is 0.868. The first kappa shape index (κ1) is 11.1. The molecule has 88 valence electrons. The summed E-state index contributed by atoms with van der Waals surface area (Å²) in [6, 6.07) is 5.72. The average Bonchev–Trinajstić information content (AvgIpc) is 3.10. The lowest BCUT2D eigenvalue weighted by Crippen LogP contribution is -1.96. The van der Waals surface area contributed by atoms with Gasteiger partial charge in [0.05, 0.1) is 10.5 Å². The Bertz CT molecular complexity index is 591. The van der Waals surface area contributed by atoms with Crippen molar-refractivity contribution in [1.29, 1.82) is 0 Å². The molecule has 1 aromatic carbocycles. The summed E-state index contributed by atoms with van der Waals surface area (Å²) < 4.78 is 0. The molecule has 1 aliphatic rings. The summed E-state index contributed by atoms with van der Waals surface area (Å²) in [6.45, 7) is 0. The topological polar surface area (TPSA) is 24.9 Å². The molecule has 0 radical (unpaired) electrons. The van der Waals surface area contributed by atoms with Crippen LogP contribution in [0.25, 0.3) is 10.9 Å². The fourth-order valence-corrected chi connectivity index (χ4v) is 2.68. The van der Waals surface area contributed by atoms with Crippen LogP contribution in [0.2, 0.25) is 10.0 Å². The van der Waals surface area contributed by atoms with Crippen molar-refractivity contribution in [2.24, 2.45) is 0 Å². The third kappa shape index (κ3) is 1.96. The molecule has 2 aromatic rings. The highest BCUT2D eigenvalue weighted by Crippen LogP contribution is 2.42. The summed E-state index contributed by atoms with van der Waals surface area (Å²) >= 11 is 12.3. The van der Waals surface area contributed by atoms with Crippen LogP contribution >= 0.6 is 23.2 Å². The number of nitrogens with one attached hydrogen (secondary N) is 1. The molecule has 0 bridgehead atoms. The number of rotatable bonds is 2. The number of benzene rings is 1. The Morgan fingerprint density at radius 2 is 2.00 bits per heavy atom. The fraction of sp³-hybridized carbons (Fsp3) is 0.308. The molecular weight excluding hydrogens is 255 g/mol. The molecule has 1 fully saturated rings. The Balaban J connectivity index is 2.31. The minimum atomic E-state index is 0.615. The van der Waals surface area contributed by atoms with Crippen LogP contribution in [0.15, 0.2) is 18.2 Å². The number of hydrogen-bond donors (Lipinski definition) is 1. The highest BCUT2D eigenvalue weighted by Gasteiger charge is 2.26. The number of pyridine rings is 1. The molecule has 4 heteroatoms. The number of halogens is 2. The maximum Gasteiger partial charge on any atom is 0.0756 e. The minimum Gasteiger partial charge on any atom is -0.387 e. The van der Waals surface area contributed by atoms with Crippen molar-refractivity contribution < 1.29 is 0 Å². The second-order valence-electron chi connectivity index (χ2n) is 4.40. The molecule has 0 amide bonds. The average molecular weight is 267 g/mol. The first-order valence-corrected chi connectivity index (χ1v) is 6.42. The Labute approximate surface area is 110 Å².